The molecule has 0 saturated heterocycles. The average Bonchev–Trinajstić information content (AvgIpc) is 2.27. The molecule has 0 atom stereocenters. The molecule has 16 heavy (non-hydrogen) atoms. The van der Waals surface area contributed by atoms with Crippen LogP contribution in [0.2, 0.25) is 0 Å². The maximum Gasteiger partial charge on any atom is 0.196 e. The third-order valence-electron chi connectivity index (χ3n) is 2.13. The molecule has 4 heteroatoms. The predicted molar refractivity (Wildman–Crippen MR) is 74.3 cm³/mol. The lowest BCUT2D eigenvalue weighted by atomic mass is 10.1. The Morgan fingerprint density at radius 2 is 1.88 bits per heavy atom. The lowest BCUT2D eigenvalue weighted by Gasteiger charge is -2.25. The van der Waals surface area contributed by atoms with Crippen LogP contribution in [0.15, 0.2) is 53.0 Å². The molecule has 2 nitrogen and oxygen atoms in total. The van der Waals surface area contributed by atoms with Gasteiger partial charge in [0.15, 0.2) is 3.61 Å². The van der Waals surface area contributed by atoms with Gasteiger partial charge < -0.3 is 4.74 Å². The molecule has 0 heterocycles. The summed E-state index contributed by atoms with van der Waals surface area (Å²) in [4.78, 5) is 0. The van der Waals surface area contributed by atoms with Crippen LogP contribution in [-0.2, 0) is 5.11 Å². The average molecular weight is 392 g/mol. The van der Waals surface area contributed by atoms with Crippen LogP contribution in [0.5, 0.6) is 5.75 Å². The van der Waals surface area contributed by atoms with E-state index in [1.807, 2.05) is 24.3 Å². The van der Waals surface area contributed by atoms with Gasteiger partial charge in [0, 0.05) is 0 Å². The fraction of sp³-hybridized carbons (Fsp3) is 0.167. The Morgan fingerprint density at radius 3 is 2.50 bits per heavy atom. The summed E-state index contributed by atoms with van der Waals surface area (Å²) in [5, 5.41) is 11.1. The molecule has 0 fully saturated rings. The largest absolute Gasteiger partial charge is 0.468 e. The smallest absolute Gasteiger partial charge is 0.196 e. The van der Waals surface area contributed by atoms with E-state index < -0.39 is 9.71 Å². The van der Waals surface area contributed by atoms with Crippen molar-refractivity contribution in [1.82, 2.24) is 0 Å². The quantitative estimate of drug-likeness (QED) is 0.427. The summed E-state index contributed by atoms with van der Waals surface area (Å²) in [6.07, 6.45) is 6.01. The van der Waals surface area contributed by atoms with E-state index in [4.69, 9.17) is 4.74 Å². The molecule has 0 saturated carbocycles. The van der Waals surface area contributed by atoms with Gasteiger partial charge >= 0.3 is 0 Å². The standard InChI is InChI=1S/C12H9BrIO2/c13-10-3-1-2-4-11(10)16-12(14)7-5-9(15)6-8-12/h1-9H. The number of ether oxygens (including phenoxy) is 1. The van der Waals surface area contributed by atoms with Crippen molar-refractivity contribution in [3.05, 3.63) is 53.0 Å². The lowest BCUT2D eigenvalue weighted by molar-refractivity contribution is 0.162. The second-order valence-corrected chi connectivity index (χ2v) is 5.95. The summed E-state index contributed by atoms with van der Waals surface area (Å²) in [6, 6.07) is 7.64. The van der Waals surface area contributed by atoms with E-state index in [9.17, 15) is 5.11 Å². The van der Waals surface area contributed by atoms with Gasteiger partial charge in [-0.2, -0.15) is 0 Å². The fourth-order valence-electron chi connectivity index (χ4n) is 1.34. The van der Waals surface area contributed by atoms with Gasteiger partial charge in [0.25, 0.3) is 0 Å². The summed E-state index contributed by atoms with van der Waals surface area (Å²) < 4.78 is 6.18. The molecule has 0 N–H and O–H groups in total. The third-order valence-corrected chi connectivity index (χ3v) is 3.72. The molecule has 1 aromatic rings. The van der Waals surface area contributed by atoms with Crippen molar-refractivity contribution in [1.29, 1.82) is 0 Å². The van der Waals surface area contributed by atoms with Crippen LogP contribution >= 0.6 is 38.5 Å². The van der Waals surface area contributed by atoms with Crippen molar-refractivity contribution in [2.24, 2.45) is 0 Å². The number of rotatable bonds is 2. The Morgan fingerprint density at radius 1 is 1.25 bits per heavy atom. The van der Waals surface area contributed by atoms with Crippen LogP contribution in [0.25, 0.3) is 0 Å². The number of hydrogen-bond acceptors (Lipinski definition) is 1. The minimum Gasteiger partial charge on any atom is -0.468 e. The van der Waals surface area contributed by atoms with E-state index in [0.717, 1.165) is 10.2 Å². The Hall–Kier alpha value is -0.330. The molecule has 0 aliphatic heterocycles. The second-order valence-electron chi connectivity index (χ2n) is 3.41. The first-order chi connectivity index (χ1) is 7.59. The Bertz CT molecular complexity index is 428. The van der Waals surface area contributed by atoms with Crippen molar-refractivity contribution in [2.75, 3.05) is 0 Å². The first-order valence-electron chi connectivity index (χ1n) is 4.76. The summed E-state index contributed by atoms with van der Waals surface area (Å²) >= 11 is 5.59. The van der Waals surface area contributed by atoms with Crippen LogP contribution in [0.1, 0.15) is 0 Å². The van der Waals surface area contributed by atoms with Crippen molar-refractivity contribution in [3.63, 3.8) is 0 Å². The molecule has 1 aromatic carbocycles. The summed E-state index contributed by atoms with van der Waals surface area (Å²) in [7, 11) is 0. The van der Waals surface area contributed by atoms with E-state index in [0.29, 0.717) is 0 Å². The summed E-state index contributed by atoms with van der Waals surface area (Å²) in [5.41, 5.74) is 0. The number of hydrogen-bond donors (Lipinski definition) is 0. The van der Waals surface area contributed by atoms with Gasteiger partial charge in [-0.3, -0.25) is 0 Å². The van der Waals surface area contributed by atoms with Crippen molar-refractivity contribution >= 4 is 38.5 Å². The van der Waals surface area contributed by atoms with Gasteiger partial charge in [0.2, 0.25) is 0 Å². The highest BCUT2D eigenvalue weighted by atomic mass is 127. The number of alkyl halides is 1. The van der Waals surface area contributed by atoms with E-state index in [1.165, 1.54) is 0 Å². The minimum absolute atomic E-state index is 0.567. The van der Waals surface area contributed by atoms with E-state index in [-0.39, 0.29) is 0 Å². The third kappa shape index (κ3) is 2.87. The molecular weight excluding hydrogens is 383 g/mol. The number of benzene rings is 1. The molecule has 0 amide bonds. The first-order valence-corrected chi connectivity index (χ1v) is 6.63. The van der Waals surface area contributed by atoms with Crippen molar-refractivity contribution in [2.45, 2.75) is 9.71 Å². The van der Waals surface area contributed by atoms with Crippen LogP contribution in [-0.4, -0.2) is 9.71 Å². The highest BCUT2D eigenvalue weighted by Crippen LogP contribution is 2.34. The lowest BCUT2D eigenvalue weighted by Crippen LogP contribution is -2.26. The first kappa shape index (κ1) is 12.1. The minimum atomic E-state index is -0.759. The zero-order valence-corrected chi connectivity index (χ0v) is 12.0. The Balaban J connectivity index is 2.19. The Labute approximate surface area is 116 Å². The molecular formula is C12H9BrIO2. The molecule has 0 bridgehead atoms. The zero-order chi connectivity index (χ0) is 11.6. The highest BCUT2D eigenvalue weighted by molar-refractivity contribution is 14.1. The summed E-state index contributed by atoms with van der Waals surface area (Å²) in [5.74, 6) is 0.760. The van der Waals surface area contributed by atoms with Crippen molar-refractivity contribution in [3.8, 4) is 5.75 Å². The molecule has 1 radical (unpaired) electrons. The molecule has 0 aromatic heterocycles. The molecule has 83 valence electrons. The van der Waals surface area contributed by atoms with Crippen LogP contribution < -0.4 is 4.74 Å². The van der Waals surface area contributed by atoms with Crippen LogP contribution in [0.3, 0.4) is 0 Å². The van der Waals surface area contributed by atoms with Crippen LogP contribution in [0.4, 0.5) is 0 Å². The Kier molecular flexibility index (Phi) is 3.71. The molecule has 2 rings (SSSR count). The SMILES string of the molecule is [O]C1C=CC(I)(Oc2ccccc2Br)C=C1. The number of halogens is 2. The second kappa shape index (κ2) is 4.89. The van der Waals surface area contributed by atoms with Gasteiger partial charge in [-0.05, 0) is 75.0 Å². The maximum atomic E-state index is 11.1. The van der Waals surface area contributed by atoms with Gasteiger partial charge in [-0.1, -0.05) is 12.1 Å². The van der Waals surface area contributed by atoms with Gasteiger partial charge in [-0.15, -0.1) is 0 Å². The maximum absolute atomic E-state index is 11.1. The van der Waals surface area contributed by atoms with E-state index in [2.05, 4.69) is 38.5 Å². The van der Waals surface area contributed by atoms with E-state index in [1.54, 1.807) is 24.3 Å². The van der Waals surface area contributed by atoms with Gasteiger partial charge in [-0.25, -0.2) is 5.11 Å². The molecule has 0 unspecified atom stereocenters. The predicted octanol–water partition coefficient (Wildman–Crippen LogP) is 3.88. The summed E-state index contributed by atoms with van der Waals surface area (Å²) in [6.45, 7) is 0. The van der Waals surface area contributed by atoms with Gasteiger partial charge in [0.05, 0.1) is 4.47 Å². The zero-order valence-electron chi connectivity index (χ0n) is 8.27. The monoisotopic (exact) mass is 391 g/mol. The normalized spacial score (nSPS) is 28.1. The topological polar surface area (TPSA) is 29.1 Å². The highest BCUT2D eigenvalue weighted by Gasteiger charge is 2.25. The molecule has 0 spiro atoms. The molecule has 1 aliphatic rings. The van der Waals surface area contributed by atoms with Gasteiger partial charge in [0.1, 0.15) is 11.9 Å². The van der Waals surface area contributed by atoms with E-state index >= 15 is 0 Å². The fourth-order valence-corrected chi connectivity index (χ4v) is 2.35. The molecule has 1 aliphatic carbocycles. The number of para-hydroxylation sites is 1. The van der Waals surface area contributed by atoms with Crippen molar-refractivity contribution < 1.29 is 9.84 Å². The van der Waals surface area contributed by atoms with Crippen LogP contribution in [0, 0.1) is 0 Å².